The van der Waals surface area contributed by atoms with Crippen molar-refractivity contribution < 1.29 is 24.1 Å². The van der Waals surface area contributed by atoms with E-state index in [4.69, 9.17) is 18.9 Å². The van der Waals surface area contributed by atoms with Crippen LogP contribution in [0.5, 0.6) is 0 Å². The van der Waals surface area contributed by atoms with Crippen molar-refractivity contribution in [2.45, 2.75) is 99.5 Å². The maximum Gasteiger partial charge on any atom is 0.114 e. The molecule has 1 saturated heterocycles. The topological polar surface area (TPSA) is 57.2 Å². The summed E-state index contributed by atoms with van der Waals surface area (Å²) >= 11 is 1.76. The lowest BCUT2D eigenvalue weighted by Crippen LogP contribution is -2.62. The van der Waals surface area contributed by atoms with E-state index in [2.05, 4.69) is 87.2 Å². The summed E-state index contributed by atoms with van der Waals surface area (Å²) in [7, 11) is -2.00. The molecule has 7 heteroatoms. The van der Waals surface area contributed by atoms with Gasteiger partial charge in [0.1, 0.15) is 18.3 Å². The molecule has 1 heterocycles. The van der Waals surface area contributed by atoms with Crippen LogP contribution in [-0.2, 0) is 38.8 Å². The Hall–Kier alpha value is -2.75. The average molecular weight is 671 g/mol. The number of benzene rings is 4. The van der Waals surface area contributed by atoms with Gasteiger partial charge in [-0.05, 0) is 42.7 Å². The highest BCUT2D eigenvalue weighted by Crippen LogP contribution is 2.42. The fourth-order valence-corrected chi connectivity index (χ4v) is 7.80. The van der Waals surface area contributed by atoms with Crippen LogP contribution in [0, 0.1) is 6.92 Å². The molecule has 1 aliphatic rings. The number of aliphatic hydroxyl groups is 1. The van der Waals surface area contributed by atoms with Gasteiger partial charge < -0.3 is 24.1 Å². The van der Waals surface area contributed by atoms with Crippen LogP contribution in [0.1, 0.15) is 35.6 Å². The largest absolute Gasteiger partial charge is 0.394 e. The van der Waals surface area contributed by atoms with Crippen molar-refractivity contribution >= 4 is 19.8 Å². The van der Waals surface area contributed by atoms with E-state index < -0.39 is 25.5 Å². The molecular formula is C40H50O5SSi. The van der Waals surface area contributed by atoms with Gasteiger partial charge in [0, 0.05) is 11.3 Å². The fourth-order valence-electron chi connectivity index (χ4n) is 5.70. The third kappa shape index (κ3) is 10.1. The van der Waals surface area contributed by atoms with Gasteiger partial charge in [0.25, 0.3) is 0 Å². The second-order valence-corrected chi connectivity index (χ2v) is 20.7. The Labute approximate surface area is 286 Å². The molecule has 0 radical (unpaired) electrons. The molecule has 1 N–H and O–H groups in total. The van der Waals surface area contributed by atoms with E-state index in [0.717, 1.165) is 21.6 Å². The first-order chi connectivity index (χ1) is 22.6. The molecule has 5 nitrogen and oxygen atoms in total. The summed E-state index contributed by atoms with van der Waals surface area (Å²) in [5.41, 5.74) is 4.50. The van der Waals surface area contributed by atoms with Gasteiger partial charge in [0.05, 0.1) is 51.1 Å². The van der Waals surface area contributed by atoms with Gasteiger partial charge in [-0.15, -0.1) is 11.8 Å². The van der Waals surface area contributed by atoms with Crippen LogP contribution >= 0.6 is 11.8 Å². The number of hydrogen-bond acceptors (Lipinski definition) is 6. The monoisotopic (exact) mass is 670 g/mol. The summed E-state index contributed by atoms with van der Waals surface area (Å²) in [6.07, 6.45) is -0.957. The van der Waals surface area contributed by atoms with Crippen LogP contribution in [0.4, 0.5) is 0 Å². The molecule has 6 atom stereocenters. The molecule has 47 heavy (non-hydrogen) atoms. The van der Waals surface area contributed by atoms with Gasteiger partial charge in [-0.25, -0.2) is 0 Å². The maximum absolute atomic E-state index is 11.9. The molecule has 4 aromatic carbocycles. The molecule has 1 unspecified atom stereocenters. The van der Waals surface area contributed by atoms with Gasteiger partial charge in [-0.1, -0.05) is 128 Å². The summed E-state index contributed by atoms with van der Waals surface area (Å²) in [5.74, 6) is 0. The molecule has 1 aliphatic heterocycles. The van der Waals surface area contributed by atoms with Crippen molar-refractivity contribution in [2.24, 2.45) is 0 Å². The van der Waals surface area contributed by atoms with Gasteiger partial charge in [-0.3, -0.25) is 0 Å². The number of thioether (sulfide) groups is 1. The molecule has 5 rings (SSSR count). The third-order valence-corrected chi connectivity index (χ3v) is 14.0. The summed E-state index contributed by atoms with van der Waals surface area (Å²) < 4.78 is 27.2. The zero-order chi connectivity index (χ0) is 33.3. The Kier molecular flexibility index (Phi) is 12.5. The average Bonchev–Trinajstić information content (AvgIpc) is 3.06. The Morgan fingerprint density at radius 1 is 0.681 bits per heavy atom. The number of hydrogen-bond donors (Lipinski definition) is 1. The van der Waals surface area contributed by atoms with Crippen molar-refractivity contribution in [1.29, 1.82) is 0 Å². The lowest BCUT2D eigenvalue weighted by Gasteiger charge is -2.49. The number of ether oxygens (including phenoxy) is 4. The van der Waals surface area contributed by atoms with E-state index in [1.165, 1.54) is 5.56 Å². The van der Waals surface area contributed by atoms with Gasteiger partial charge in [-0.2, -0.15) is 0 Å². The van der Waals surface area contributed by atoms with Gasteiger partial charge in [0.15, 0.2) is 0 Å². The lowest BCUT2D eigenvalue weighted by molar-refractivity contribution is -0.221. The quantitative estimate of drug-likeness (QED) is 0.128. The van der Waals surface area contributed by atoms with Crippen molar-refractivity contribution in [3.8, 4) is 0 Å². The van der Waals surface area contributed by atoms with Crippen molar-refractivity contribution in [3.63, 3.8) is 0 Å². The minimum atomic E-state index is -2.00. The van der Waals surface area contributed by atoms with E-state index in [9.17, 15) is 5.11 Å². The summed E-state index contributed by atoms with van der Waals surface area (Å²) in [6.45, 7) is 12.4. The van der Waals surface area contributed by atoms with E-state index in [1.807, 2.05) is 61.5 Å². The zero-order valence-corrected chi connectivity index (χ0v) is 30.2. The fraction of sp³-hybridized carbons (Fsp3) is 0.400. The molecule has 0 spiro atoms. The highest BCUT2D eigenvalue weighted by atomic mass is 32.2. The maximum atomic E-state index is 11.9. The first-order valence-electron chi connectivity index (χ1n) is 16.6. The predicted octanol–water partition coefficient (Wildman–Crippen LogP) is 8.63. The first kappa shape index (κ1) is 35.6. The summed E-state index contributed by atoms with van der Waals surface area (Å²) in [4.78, 5) is 1.13. The SMILES string of the molecule is Cc1ccc(S[C@@H]2[C@@H](OCc3ccccc3)[C@H](OCc3ccccc3)[C@@H](COCc3ccccc3)O[C@H]2CC(C)(O)[Si](C)(C)C)cc1. The van der Waals surface area contributed by atoms with Crippen molar-refractivity contribution in [1.82, 2.24) is 0 Å². The van der Waals surface area contributed by atoms with E-state index >= 15 is 0 Å². The van der Waals surface area contributed by atoms with Crippen LogP contribution in [0.3, 0.4) is 0 Å². The molecule has 0 amide bonds. The van der Waals surface area contributed by atoms with Crippen LogP contribution in [0.15, 0.2) is 120 Å². The summed E-state index contributed by atoms with van der Waals surface area (Å²) in [6, 6.07) is 39.3. The van der Waals surface area contributed by atoms with Crippen LogP contribution in [0.2, 0.25) is 19.6 Å². The Morgan fingerprint density at radius 2 is 1.17 bits per heavy atom. The van der Waals surface area contributed by atoms with Gasteiger partial charge >= 0.3 is 0 Å². The minimum Gasteiger partial charge on any atom is -0.394 e. The molecule has 0 bridgehead atoms. The normalized spacial score (nSPS) is 22.9. The molecule has 4 aromatic rings. The third-order valence-electron chi connectivity index (χ3n) is 9.20. The molecule has 1 fully saturated rings. The predicted molar refractivity (Wildman–Crippen MR) is 194 cm³/mol. The number of aryl methyl sites for hydroxylation is 1. The minimum absolute atomic E-state index is 0.143. The van der Waals surface area contributed by atoms with Crippen molar-refractivity contribution in [3.05, 3.63) is 138 Å². The molecule has 250 valence electrons. The zero-order valence-electron chi connectivity index (χ0n) is 28.4. The van der Waals surface area contributed by atoms with E-state index in [-0.39, 0.29) is 17.5 Å². The molecular weight excluding hydrogens is 621 g/mol. The lowest BCUT2D eigenvalue weighted by atomic mass is 9.93. The highest BCUT2D eigenvalue weighted by Gasteiger charge is 2.51. The highest BCUT2D eigenvalue weighted by molar-refractivity contribution is 8.00. The molecule has 0 saturated carbocycles. The summed E-state index contributed by atoms with van der Waals surface area (Å²) in [5, 5.41) is 10.9. The Morgan fingerprint density at radius 3 is 1.68 bits per heavy atom. The van der Waals surface area contributed by atoms with Crippen molar-refractivity contribution in [2.75, 3.05) is 6.61 Å². The molecule has 0 aliphatic carbocycles. The van der Waals surface area contributed by atoms with E-state index in [1.54, 1.807) is 11.8 Å². The Balaban J connectivity index is 1.51. The van der Waals surface area contributed by atoms with Crippen LogP contribution < -0.4 is 0 Å². The number of rotatable bonds is 15. The van der Waals surface area contributed by atoms with E-state index in [0.29, 0.717) is 32.8 Å². The Bertz CT molecular complexity index is 1480. The first-order valence-corrected chi connectivity index (χ1v) is 21.0. The second-order valence-electron chi connectivity index (χ2n) is 13.9. The molecule has 0 aromatic heterocycles. The standard InChI is InChI=1S/C40H50O5SSi/c1-30-21-23-34(24-22-30)46-39-35(25-40(2,41)47(3,4)5)45-36(29-42-26-31-15-9-6-10-16-31)37(43-27-32-17-11-7-12-18-32)38(39)44-28-33-19-13-8-14-20-33/h6-24,35-39,41H,25-29H2,1-5H3/t35-,36+,37+,38-,39-,40?/m0/s1. The van der Waals surface area contributed by atoms with Gasteiger partial charge in [0.2, 0.25) is 0 Å². The second kappa shape index (κ2) is 16.6. The smallest absolute Gasteiger partial charge is 0.114 e. The van der Waals surface area contributed by atoms with Crippen LogP contribution in [0.25, 0.3) is 0 Å². The van der Waals surface area contributed by atoms with Crippen LogP contribution in [-0.4, -0.2) is 54.7 Å².